The zero-order chi connectivity index (χ0) is 13.0. The van der Waals surface area contributed by atoms with Crippen LogP contribution in [0.2, 0.25) is 0 Å². The second-order valence-corrected chi connectivity index (χ2v) is 4.23. The van der Waals surface area contributed by atoms with Crippen molar-refractivity contribution in [2.75, 3.05) is 10.6 Å². The zero-order valence-corrected chi connectivity index (χ0v) is 10.6. The van der Waals surface area contributed by atoms with Crippen molar-refractivity contribution in [1.29, 1.82) is 0 Å². The van der Waals surface area contributed by atoms with Gasteiger partial charge < -0.3 is 5.32 Å². The number of rotatable bonds is 2. The van der Waals surface area contributed by atoms with Crippen molar-refractivity contribution in [2.45, 2.75) is 0 Å². The minimum absolute atomic E-state index is 0.179. The Kier molecular flexibility index (Phi) is 3.83. The third-order valence-electron chi connectivity index (χ3n) is 1.95. The highest BCUT2D eigenvalue weighted by molar-refractivity contribution is 9.10. The highest BCUT2D eigenvalue weighted by Gasteiger charge is 2.04. The molecule has 0 spiro atoms. The number of halogens is 2. The first-order valence-electron chi connectivity index (χ1n) is 4.94. The molecule has 0 bridgehead atoms. The monoisotopic (exact) mass is 310 g/mol. The van der Waals surface area contributed by atoms with E-state index < -0.39 is 6.03 Å². The highest BCUT2D eigenvalue weighted by Crippen LogP contribution is 2.09. The van der Waals surface area contributed by atoms with E-state index in [-0.39, 0.29) is 11.8 Å². The first kappa shape index (κ1) is 12.4. The predicted octanol–water partition coefficient (Wildman–Crippen LogP) is 3.02. The Morgan fingerprint density at radius 3 is 2.33 bits per heavy atom. The number of hydrogen-bond donors (Lipinski definition) is 2. The van der Waals surface area contributed by atoms with Gasteiger partial charge in [0.05, 0.1) is 4.47 Å². The third-order valence-corrected chi connectivity index (χ3v) is 2.36. The van der Waals surface area contributed by atoms with E-state index in [4.69, 9.17) is 0 Å². The van der Waals surface area contributed by atoms with E-state index in [1.807, 2.05) is 0 Å². The summed E-state index contributed by atoms with van der Waals surface area (Å²) in [4.78, 5) is 19.3. The number of aromatic nitrogens is 2. The van der Waals surface area contributed by atoms with Gasteiger partial charge in [0.25, 0.3) is 0 Å². The molecule has 92 valence electrons. The minimum atomic E-state index is -0.496. The number of carbonyl (C=O) groups is 1. The van der Waals surface area contributed by atoms with Gasteiger partial charge in [-0.2, -0.15) is 0 Å². The molecule has 1 aromatic heterocycles. The molecule has 7 heteroatoms. The molecule has 0 unspecified atom stereocenters. The topological polar surface area (TPSA) is 66.9 Å². The number of carbonyl (C=O) groups excluding carboxylic acids is 1. The van der Waals surface area contributed by atoms with Gasteiger partial charge in [-0.25, -0.2) is 19.2 Å². The second-order valence-electron chi connectivity index (χ2n) is 3.31. The largest absolute Gasteiger partial charge is 0.326 e. The van der Waals surface area contributed by atoms with Crippen molar-refractivity contribution in [2.24, 2.45) is 0 Å². The van der Waals surface area contributed by atoms with Crippen molar-refractivity contribution in [3.05, 3.63) is 46.9 Å². The molecule has 0 saturated carbocycles. The van der Waals surface area contributed by atoms with Crippen LogP contribution in [0.25, 0.3) is 0 Å². The Labute approximate surface area is 111 Å². The number of anilines is 2. The maximum atomic E-state index is 12.7. The fourth-order valence-electron chi connectivity index (χ4n) is 1.17. The van der Waals surface area contributed by atoms with Crippen LogP contribution in [0.15, 0.2) is 41.1 Å². The van der Waals surface area contributed by atoms with Crippen LogP contribution in [0.3, 0.4) is 0 Å². The summed E-state index contributed by atoms with van der Waals surface area (Å²) in [6.45, 7) is 0. The average molecular weight is 311 g/mol. The summed E-state index contributed by atoms with van der Waals surface area (Å²) >= 11 is 3.18. The van der Waals surface area contributed by atoms with E-state index in [0.717, 1.165) is 0 Å². The van der Waals surface area contributed by atoms with Crippen molar-refractivity contribution in [3.63, 3.8) is 0 Å². The minimum Gasteiger partial charge on any atom is -0.308 e. The predicted molar refractivity (Wildman–Crippen MR) is 68.8 cm³/mol. The molecule has 0 aliphatic heterocycles. The molecule has 0 fully saturated rings. The summed E-state index contributed by atoms with van der Waals surface area (Å²) in [6.07, 6.45) is 3.03. The fourth-order valence-corrected chi connectivity index (χ4v) is 1.38. The van der Waals surface area contributed by atoms with Gasteiger partial charge in [-0.05, 0) is 40.2 Å². The van der Waals surface area contributed by atoms with Gasteiger partial charge in [-0.3, -0.25) is 5.32 Å². The first-order chi connectivity index (χ1) is 8.63. The van der Waals surface area contributed by atoms with Gasteiger partial charge in [0.15, 0.2) is 0 Å². The van der Waals surface area contributed by atoms with E-state index in [9.17, 15) is 9.18 Å². The summed E-state index contributed by atoms with van der Waals surface area (Å²) in [7, 11) is 0. The molecule has 1 aromatic carbocycles. The van der Waals surface area contributed by atoms with E-state index in [2.05, 4.69) is 36.5 Å². The van der Waals surface area contributed by atoms with Gasteiger partial charge in [-0.1, -0.05) is 0 Å². The lowest BCUT2D eigenvalue weighted by Gasteiger charge is -2.05. The van der Waals surface area contributed by atoms with E-state index in [0.29, 0.717) is 10.2 Å². The summed E-state index contributed by atoms with van der Waals surface area (Å²) in [6, 6.07) is 4.93. The Bertz CT molecular complexity index is 494. The van der Waals surface area contributed by atoms with Crippen molar-refractivity contribution in [3.8, 4) is 0 Å². The molecule has 5 nitrogen and oxygen atoms in total. The summed E-state index contributed by atoms with van der Waals surface area (Å²) in [5.41, 5.74) is 0.478. The van der Waals surface area contributed by atoms with Gasteiger partial charge in [0.2, 0.25) is 5.95 Å². The maximum absolute atomic E-state index is 12.7. The van der Waals surface area contributed by atoms with Crippen molar-refractivity contribution < 1.29 is 9.18 Å². The summed E-state index contributed by atoms with van der Waals surface area (Å²) in [5, 5.41) is 4.97. The SMILES string of the molecule is O=C(Nc1ccc(F)cc1)Nc1ncc(Br)cn1. The van der Waals surface area contributed by atoms with Crippen LogP contribution in [0.1, 0.15) is 0 Å². The number of hydrogen-bond acceptors (Lipinski definition) is 3. The molecule has 2 aromatic rings. The lowest BCUT2D eigenvalue weighted by Crippen LogP contribution is -2.20. The quantitative estimate of drug-likeness (QED) is 0.896. The van der Waals surface area contributed by atoms with Crippen LogP contribution >= 0.6 is 15.9 Å². The first-order valence-corrected chi connectivity index (χ1v) is 5.74. The molecule has 1 heterocycles. The lowest BCUT2D eigenvalue weighted by atomic mass is 10.3. The standard InChI is InChI=1S/C11H8BrFN4O/c12-7-5-14-10(15-6-7)17-11(18)16-9-3-1-8(13)2-4-9/h1-6H,(H2,14,15,16,17,18). The Morgan fingerprint density at radius 2 is 1.72 bits per heavy atom. The molecule has 18 heavy (non-hydrogen) atoms. The summed E-state index contributed by atoms with van der Waals surface area (Å²) in [5.74, 6) is -0.185. The molecular formula is C11H8BrFN4O. The van der Waals surface area contributed by atoms with E-state index in [1.54, 1.807) is 0 Å². The highest BCUT2D eigenvalue weighted by atomic mass is 79.9. The van der Waals surface area contributed by atoms with Crippen LogP contribution in [0, 0.1) is 5.82 Å². The zero-order valence-electron chi connectivity index (χ0n) is 9.02. The Balaban J connectivity index is 1.96. The number of benzene rings is 1. The number of amides is 2. The van der Waals surface area contributed by atoms with E-state index >= 15 is 0 Å². The van der Waals surface area contributed by atoms with Crippen LogP contribution in [-0.4, -0.2) is 16.0 Å². The molecule has 0 saturated heterocycles. The van der Waals surface area contributed by atoms with Crippen molar-refractivity contribution in [1.82, 2.24) is 9.97 Å². The molecule has 2 amide bonds. The third kappa shape index (κ3) is 3.49. The van der Waals surface area contributed by atoms with Gasteiger partial charge in [0.1, 0.15) is 5.82 Å². The number of nitrogens with zero attached hydrogens (tertiary/aromatic N) is 2. The fraction of sp³-hybridized carbons (Fsp3) is 0. The molecule has 0 aliphatic carbocycles. The molecule has 2 rings (SSSR count). The maximum Gasteiger partial charge on any atom is 0.326 e. The number of nitrogens with one attached hydrogen (secondary N) is 2. The normalized spacial score (nSPS) is 9.89. The lowest BCUT2D eigenvalue weighted by molar-refractivity contribution is 0.262. The average Bonchev–Trinajstić information content (AvgIpc) is 2.35. The van der Waals surface area contributed by atoms with Gasteiger partial charge >= 0.3 is 6.03 Å². The van der Waals surface area contributed by atoms with Crippen LogP contribution < -0.4 is 10.6 Å². The summed E-state index contributed by atoms with van der Waals surface area (Å²) < 4.78 is 13.4. The molecule has 0 radical (unpaired) electrons. The molecule has 0 atom stereocenters. The molecule has 0 aliphatic rings. The van der Waals surface area contributed by atoms with Gasteiger partial charge in [-0.15, -0.1) is 0 Å². The van der Waals surface area contributed by atoms with Crippen LogP contribution in [-0.2, 0) is 0 Å². The Morgan fingerprint density at radius 1 is 1.11 bits per heavy atom. The molecular weight excluding hydrogens is 303 g/mol. The Hall–Kier alpha value is -2.02. The van der Waals surface area contributed by atoms with Crippen molar-refractivity contribution >= 4 is 33.6 Å². The second kappa shape index (κ2) is 5.54. The number of urea groups is 1. The van der Waals surface area contributed by atoms with Crippen LogP contribution in [0.5, 0.6) is 0 Å². The molecule has 2 N–H and O–H groups in total. The van der Waals surface area contributed by atoms with E-state index in [1.165, 1.54) is 36.7 Å². The van der Waals surface area contributed by atoms with Gasteiger partial charge in [0, 0.05) is 18.1 Å². The smallest absolute Gasteiger partial charge is 0.308 e. The van der Waals surface area contributed by atoms with Crippen LogP contribution in [0.4, 0.5) is 20.8 Å².